The number of nitrogens with zero attached hydrogens (tertiary/aromatic N) is 3. The van der Waals surface area contributed by atoms with E-state index in [1.54, 1.807) is 25.4 Å². The summed E-state index contributed by atoms with van der Waals surface area (Å²) >= 11 is 1.31. The van der Waals surface area contributed by atoms with Gasteiger partial charge in [-0.25, -0.2) is 4.98 Å². The molecule has 3 aromatic rings. The summed E-state index contributed by atoms with van der Waals surface area (Å²) in [7, 11) is 1.66. The van der Waals surface area contributed by atoms with Crippen molar-refractivity contribution in [1.82, 2.24) is 36.0 Å². The molecule has 3 atom stereocenters. The van der Waals surface area contributed by atoms with Crippen molar-refractivity contribution >= 4 is 35.0 Å². The van der Waals surface area contributed by atoms with E-state index in [-0.39, 0.29) is 11.8 Å². The number of fused-ring (bicyclic) bond motifs is 2. The predicted octanol–water partition coefficient (Wildman–Crippen LogP) is 2.19. The van der Waals surface area contributed by atoms with E-state index in [4.69, 9.17) is 0 Å². The molecule has 4 rings (SSSR count). The molecule has 2 aromatic heterocycles. The second kappa shape index (κ2) is 13.3. The zero-order chi connectivity index (χ0) is 28.6. The van der Waals surface area contributed by atoms with Crippen molar-refractivity contribution in [2.24, 2.45) is 7.05 Å². The molecule has 2 bridgehead atoms. The van der Waals surface area contributed by atoms with E-state index in [1.165, 1.54) is 16.0 Å². The molecule has 1 aliphatic heterocycles. The Balaban J connectivity index is 1.57. The Bertz CT molecular complexity index is 1350. The average Bonchev–Trinajstić information content (AvgIpc) is 3.56. The van der Waals surface area contributed by atoms with Crippen LogP contribution in [0.4, 0.5) is 0 Å². The summed E-state index contributed by atoms with van der Waals surface area (Å²) in [5.41, 5.74) is 2.32. The molecule has 4 N–H and O–H groups in total. The van der Waals surface area contributed by atoms with E-state index in [9.17, 15) is 19.2 Å². The molecular weight excluding hydrogens is 530 g/mol. The zero-order valence-corrected chi connectivity index (χ0v) is 23.7. The quantitative estimate of drug-likeness (QED) is 0.373. The van der Waals surface area contributed by atoms with Crippen LogP contribution in [-0.4, -0.2) is 57.0 Å². The van der Waals surface area contributed by atoms with E-state index < -0.39 is 29.9 Å². The van der Waals surface area contributed by atoms with Gasteiger partial charge in [-0.3, -0.25) is 23.9 Å². The lowest BCUT2D eigenvalue weighted by molar-refractivity contribution is -0.130. The van der Waals surface area contributed by atoms with Crippen LogP contribution in [0.5, 0.6) is 0 Å². The van der Waals surface area contributed by atoms with Crippen molar-refractivity contribution in [3.63, 3.8) is 0 Å². The van der Waals surface area contributed by atoms with E-state index in [0.717, 1.165) is 5.56 Å². The highest BCUT2D eigenvalue weighted by molar-refractivity contribution is 7.09. The normalized spacial score (nSPS) is 20.8. The lowest BCUT2D eigenvalue weighted by atomic mass is 10.0. The molecule has 0 radical (unpaired) electrons. The van der Waals surface area contributed by atoms with Crippen LogP contribution in [-0.2, 0) is 23.1 Å². The Labute approximate surface area is 237 Å². The lowest BCUT2D eigenvalue weighted by Gasteiger charge is -2.25. The van der Waals surface area contributed by atoms with Crippen LogP contribution in [0.15, 0.2) is 41.8 Å². The maximum absolute atomic E-state index is 13.4. The topological polar surface area (TPSA) is 147 Å². The minimum absolute atomic E-state index is 0.292. The van der Waals surface area contributed by atoms with Crippen molar-refractivity contribution in [3.05, 3.63) is 69.4 Å². The number of rotatable bonds is 5. The molecule has 0 unspecified atom stereocenters. The third-order valence-corrected chi connectivity index (χ3v) is 7.71. The fourth-order valence-corrected chi connectivity index (χ4v) is 5.44. The molecule has 4 amide bonds. The van der Waals surface area contributed by atoms with Crippen LogP contribution in [0.25, 0.3) is 0 Å². The van der Waals surface area contributed by atoms with Gasteiger partial charge in [-0.1, -0.05) is 37.3 Å². The van der Waals surface area contributed by atoms with Gasteiger partial charge in [0.25, 0.3) is 11.8 Å². The summed E-state index contributed by atoms with van der Waals surface area (Å²) in [6, 6.07) is 9.14. The molecule has 1 aliphatic rings. The summed E-state index contributed by atoms with van der Waals surface area (Å²) in [4.78, 5) is 57.1. The maximum atomic E-state index is 13.4. The molecule has 12 heteroatoms. The first kappa shape index (κ1) is 28.9. The van der Waals surface area contributed by atoms with Crippen LogP contribution in [0.2, 0.25) is 0 Å². The molecule has 11 nitrogen and oxygen atoms in total. The number of carbonyl (C=O) groups is 4. The van der Waals surface area contributed by atoms with Gasteiger partial charge < -0.3 is 21.3 Å². The summed E-state index contributed by atoms with van der Waals surface area (Å²) in [6.07, 6.45) is 2.31. The smallest absolute Gasteiger partial charge is 0.270 e. The number of carbonyl (C=O) groups excluding carboxylic acids is 4. The summed E-state index contributed by atoms with van der Waals surface area (Å²) < 4.78 is 1.46. The van der Waals surface area contributed by atoms with Gasteiger partial charge in [-0.15, -0.1) is 11.3 Å². The summed E-state index contributed by atoms with van der Waals surface area (Å²) in [6.45, 7) is 4.00. The van der Waals surface area contributed by atoms with Gasteiger partial charge in [0.1, 0.15) is 28.5 Å². The minimum Gasteiger partial charge on any atom is -0.351 e. The third-order valence-electron chi connectivity index (χ3n) is 6.75. The molecule has 0 aliphatic carbocycles. The van der Waals surface area contributed by atoms with Crippen LogP contribution in [0.1, 0.15) is 75.9 Å². The minimum atomic E-state index is -0.868. The van der Waals surface area contributed by atoms with Gasteiger partial charge >= 0.3 is 0 Å². The van der Waals surface area contributed by atoms with Gasteiger partial charge in [-0.2, -0.15) is 5.10 Å². The number of amides is 4. The molecule has 0 saturated heterocycles. The van der Waals surface area contributed by atoms with Crippen molar-refractivity contribution in [3.8, 4) is 0 Å². The second-order valence-corrected chi connectivity index (χ2v) is 10.8. The Morgan fingerprint density at radius 1 is 1.10 bits per heavy atom. The number of thiazole rings is 1. The first-order valence-corrected chi connectivity index (χ1v) is 14.3. The largest absolute Gasteiger partial charge is 0.351 e. The van der Waals surface area contributed by atoms with Crippen LogP contribution >= 0.6 is 11.3 Å². The summed E-state index contributed by atoms with van der Waals surface area (Å²) in [5.74, 6) is -1.52. The average molecular weight is 566 g/mol. The lowest BCUT2D eigenvalue weighted by Crippen LogP contribution is -2.54. The highest BCUT2D eigenvalue weighted by Crippen LogP contribution is 2.23. The standard InChI is InChI=1S/C28H35N7O4S/c1-4-19-25(37)32-21(15-18-10-6-5-7-11-18)28-33-22(16-40-28)24(36)29-13-9-8-12-20(26(38)30-19)31-27(39)23-14-17(2)34-35(23)3/h5-7,10-11,14,16,19-21H,4,8-9,12-13,15H2,1-3H3,(H,29,36)(H,30,38)(H,31,39)(H,32,37)/t19-,20+,21+/m1/s1. The number of aromatic nitrogens is 3. The Morgan fingerprint density at radius 2 is 1.85 bits per heavy atom. The van der Waals surface area contributed by atoms with Crippen molar-refractivity contribution in [1.29, 1.82) is 0 Å². The number of nitrogens with one attached hydrogen (secondary N) is 4. The van der Waals surface area contributed by atoms with Gasteiger partial charge in [-0.05, 0) is 50.7 Å². The second-order valence-electron chi connectivity index (χ2n) is 9.86. The zero-order valence-electron chi connectivity index (χ0n) is 22.9. The van der Waals surface area contributed by atoms with Crippen molar-refractivity contribution in [2.45, 2.75) is 64.1 Å². The molecule has 40 heavy (non-hydrogen) atoms. The number of hydrogen-bond acceptors (Lipinski definition) is 7. The number of aryl methyl sites for hydroxylation is 2. The SMILES string of the molecule is CC[C@H]1NC(=O)[C@@H](NC(=O)c2cc(C)nn2C)CCCCNC(=O)c2csc(n2)[C@H](Cc2ccccc2)NC1=O. The predicted molar refractivity (Wildman–Crippen MR) is 151 cm³/mol. The molecule has 212 valence electrons. The highest BCUT2D eigenvalue weighted by atomic mass is 32.1. The molecule has 3 heterocycles. The highest BCUT2D eigenvalue weighted by Gasteiger charge is 2.29. The Kier molecular flexibility index (Phi) is 9.65. The van der Waals surface area contributed by atoms with E-state index in [2.05, 4.69) is 31.3 Å². The number of hydrogen-bond donors (Lipinski definition) is 4. The summed E-state index contributed by atoms with van der Waals surface area (Å²) in [5, 5.41) is 18.1. The molecule has 1 aromatic carbocycles. The molecule has 0 fully saturated rings. The first-order chi connectivity index (χ1) is 19.2. The van der Waals surface area contributed by atoms with Crippen LogP contribution < -0.4 is 21.3 Å². The van der Waals surface area contributed by atoms with Gasteiger partial charge in [0, 0.05) is 19.0 Å². The van der Waals surface area contributed by atoms with Gasteiger partial charge in [0.15, 0.2) is 0 Å². The van der Waals surface area contributed by atoms with Gasteiger partial charge in [0.2, 0.25) is 11.8 Å². The maximum Gasteiger partial charge on any atom is 0.270 e. The Hall–Kier alpha value is -4.06. The number of benzene rings is 1. The first-order valence-electron chi connectivity index (χ1n) is 13.4. The van der Waals surface area contributed by atoms with E-state index in [0.29, 0.717) is 60.7 Å². The van der Waals surface area contributed by atoms with E-state index in [1.807, 2.05) is 37.3 Å². The fourth-order valence-electron chi connectivity index (χ4n) is 4.59. The van der Waals surface area contributed by atoms with Crippen molar-refractivity contribution < 1.29 is 19.2 Å². The van der Waals surface area contributed by atoms with Crippen LogP contribution in [0, 0.1) is 6.92 Å². The molecule has 0 spiro atoms. The fraction of sp³-hybridized carbons (Fsp3) is 0.429. The molecular formula is C28H35N7O4S. The monoisotopic (exact) mass is 565 g/mol. The van der Waals surface area contributed by atoms with Gasteiger partial charge in [0.05, 0.1) is 11.7 Å². The Morgan fingerprint density at radius 3 is 2.55 bits per heavy atom. The van der Waals surface area contributed by atoms with E-state index >= 15 is 0 Å². The molecule has 0 saturated carbocycles. The van der Waals surface area contributed by atoms with Crippen LogP contribution in [0.3, 0.4) is 0 Å². The third kappa shape index (κ3) is 7.32. The van der Waals surface area contributed by atoms with Crippen molar-refractivity contribution in [2.75, 3.05) is 6.54 Å².